The quantitative estimate of drug-likeness (QED) is 0.292. The second-order valence-corrected chi connectivity index (χ2v) is 11.7. The molecule has 0 radical (unpaired) electrons. The lowest BCUT2D eigenvalue weighted by atomic mass is 10.1. The molecule has 9 heteroatoms. The summed E-state index contributed by atoms with van der Waals surface area (Å²) in [6.45, 7) is 2.73. The van der Waals surface area contributed by atoms with Gasteiger partial charge in [-0.05, 0) is 60.9 Å². The number of rotatable bonds is 9. The topological polar surface area (TPSA) is 73.1 Å². The minimum absolute atomic E-state index is 0.262. The third-order valence-electron chi connectivity index (χ3n) is 6.06. The molecular formula is C28H31N3O4S2. The molecule has 0 unspecified atom stereocenters. The van der Waals surface area contributed by atoms with Crippen LogP contribution < -0.4 is 14.3 Å². The van der Waals surface area contributed by atoms with Gasteiger partial charge in [0.2, 0.25) is 10.0 Å². The van der Waals surface area contributed by atoms with Crippen molar-refractivity contribution in [3.63, 3.8) is 0 Å². The molecule has 37 heavy (non-hydrogen) atoms. The average molecular weight is 538 g/mol. The maximum Gasteiger partial charge on any atom is 0.242 e. The Bertz CT molecular complexity index is 1540. The van der Waals surface area contributed by atoms with Crippen molar-refractivity contribution in [1.82, 2.24) is 8.87 Å². The van der Waals surface area contributed by atoms with Crippen LogP contribution in [0, 0.1) is 6.92 Å². The van der Waals surface area contributed by atoms with Crippen molar-refractivity contribution in [2.75, 3.05) is 28.3 Å². The Balaban J connectivity index is 1.73. The van der Waals surface area contributed by atoms with Crippen molar-refractivity contribution in [2.45, 2.75) is 24.8 Å². The van der Waals surface area contributed by atoms with Crippen LogP contribution in [0.1, 0.15) is 11.1 Å². The third-order valence-corrected chi connectivity index (χ3v) is 8.75. The van der Waals surface area contributed by atoms with E-state index in [1.54, 1.807) is 37.7 Å². The summed E-state index contributed by atoms with van der Waals surface area (Å²) in [6.07, 6.45) is 0.748. The van der Waals surface area contributed by atoms with Crippen LogP contribution >= 0.6 is 11.3 Å². The SMILES string of the molecule is COc1ccc(CCn2c(-c3ccc(S(=O)(=O)N(C)C)cc3)csc2=Nc2ccc(C)cc2)cc1OC. The standard InChI is InChI=1S/C28H31N3O4S2/c1-20-6-11-23(12-7-20)29-28-31(17-16-21-8-15-26(34-4)27(18-21)35-5)25(19-36-28)22-9-13-24(14-10-22)37(32,33)30(2)3/h6-15,18-19H,16-17H2,1-5H3. The highest BCUT2D eigenvalue weighted by Gasteiger charge is 2.17. The molecule has 0 amide bonds. The molecule has 0 saturated carbocycles. The summed E-state index contributed by atoms with van der Waals surface area (Å²) in [5, 5.41) is 2.07. The number of ether oxygens (including phenoxy) is 2. The number of hydrogen-bond donors (Lipinski definition) is 0. The van der Waals surface area contributed by atoms with E-state index < -0.39 is 10.0 Å². The molecule has 1 aromatic heterocycles. The minimum Gasteiger partial charge on any atom is -0.493 e. The Kier molecular flexibility index (Phi) is 8.16. The van der Waals surface area contributed by atoms with E-state index in [9.17, 15) is 8.42 Å². The summed E-state index contributed by atoms with van der Waals surface area (Å²) >= 11 is 1.56. The Morgan fingerprint density at radius 2 is 1.59 bits per heavy atom. The summed E-state index contributed by atoms with van der Waals surface area (Å²) in [4.78, 5) is 6.04. The predicted octanol–water partition coefficient (Wildman–Crippen LogP) is 5.27. The smallest absolute Gasteiger partial charge is 0.242 e. The predicted molar refractivity (Wildman–Crippen MR) is 148 cm³/mol. The van der Waals surface area contributed by atoms with E-state index in [-0.39, 0.29) is 4.90 Å². The van der Waals surface area contributed by atoms with Gasteiger partial charge in [-0.2, -0.15) is 0 Å². The van der Waals surface area contributed by atoms with E-state index in [2.05, 4.69) is 16.9 Å². The Hall–Kier alpha value is -3.40. The van der Waals surface area contributed by atoms with E-state index in [1.165, 1.54) is 24.0 Å². The van der Waals surface area contributed by atoms with Gasteiger partial charge >= 0.3 is 0 Å². The van der Waals surface area contributed by atoms with E-state index in [0.717, 1.165) is 33.7 Å². The van der Waals surface area contributed by atoms with Gasteiger partial charge in [-0.15, -0.1) is 11.3 Å². The second kappa shape index (κ2) is 11.3. The summed E-state index contributed by atoms with van der Waals surface area (Å²) in [5.41, 5.74) is 5.07. The van der Waals surface area contributed by atoms with Gasteiger partial charge in [0.15, 0.2) is 16.3 Å². The number of benzene rings is 3. The highest BCUT2D eigenvalue weighted by Crippen LogP contribution is 2.29. The molecule has 0 atom stereocenters. The highest BCUT2D eigenvalue weighted by atomic mass is 32.2. The van der Waals surface area contributed by atoms with Crippen LogP contribution in [0.15, 0.2) is 82.0 Å². The van der Waals surface area contributed by atoms with Crippen LogP contribution in [0.5, 0.6) is 11.5 Å². The fourth-order valence-corrected chi connectivity index (χ4v) is 5.74. The van der Waals surface area contributed by atoms with Gasteiger partial charge in [0.25, 0.3) is 0 Å². The Labute approximate surface area is 222 Å². The molecular weight excluding hydrogens is 506 g/mol. The summed E-state index contributed by atoms with van der Waals surface area (Å²) in [5.74, 6) is 1.38. The minimum atomic E-state index is -3.50. The molecule has 0 bridgehead atoms. The van der Waals surface area contributed by atoms with Gasteiger partial charge in [-0.25, -0.2) is 17.7 Å². The second-order valence-electron chi connectivity index (χ2n) is 8.75. The molecule has 4 aromatic rings. The zero-order chi connectivity index (χ0) is 26.6. The van der Waals surface area contributed by atoms with E-state index in [0.29, 0.717) is 18.0 Å². The molecule has 1 heterocycles. The molecule has 7 nitrogen and oxygen atoms in total. The largest absolute Gasteiger partial charge is 0.493 e. The molecule has 0 N–H and O–H groups in total. The van der Waals surface area contributed by atoms with Crippen LogP contribution in [0.3, 0.4) is 0 Å². The van der Waals surface area contributed by atoms with Gasteiger partial charge in [0, 0.05) is 26.0 Å². The lowest BCUT2D eigenvalue weighted by Gasteiger charge is -2.13. The van der Waals surface area contributed by atoms with Crippen molar-refractivity contribution in [3.8, 4) is 22.8 Å². The third kappa shape index (κ3) is 5.95. The molecule has 0 spiro atoms. The van der Waals surface area contributed by atoms with E-state index in [1.807, 2.05) is 54.6 Å². The first kappa shape index (κ1) is 26.7. The lowest BCUT2D eigenvalue weighted by molar-refractivity contribution is 0.354. The first-order valence-corrected chi connectivity index (χ1v) is 14.1. The summed E-state index contributed by atoms with van der Waals surface area (Å²) in [7, 11) is 2.82. The fraction of sp³-hybridized carbons (Fsp3) is 0.250. The van der Waals surface area contributed by atoms with E-state index in [4.69, 9.17) is 14.5 Å². The summed E-state index contributed by atoms with van der Waals surface area (Å²) in [6, 6.07) is 21.0. The van der Waals surface area contributed by atoms with Crippen molar-refractivity contribution >= 4 is 27.0 Å². The normalized spacial score (nSPS) is 12.2. The summed E-state index contributed by atoms with van der Waals surface area (Å²) < 4.78 is 39.3. The number of aromatic nitrogens is 1. The molecule has 194 valence electrons. The van der Waals surface area contributed by atoms with Crippen molar-refractivity contribution in [2.24, 2.45) is 4.99 Å². The maximum absolute atomic E-state index is 12.5. The highest BCUT2D eigenvalue weighted by molar-refractivity contribution is 7.89. The van der Waals surface area contributed by atoms with Crippen molar-refractivity contribution < 1.29 is 17.9 Å². The maximum atomic E-state index is 12.5. The first-order valence-electron chi connectivity index (χ1n) is 11.8. The first-order chi connectivity index (χ1) is 17.7. The average Bonchev–Trinajstić information content (AvgIpc) is 3.30. The number of hydrogen-bond acceptors (Lipinski definition) is 6. The lowest BCUT2D eigenvalue weighted by Crippen LogP contribution is -2.22. The zero-order valence-corrected chi connectivity index (χ0v) is 23.3. The van der Waals surface area contributed by atoms with Gasteiger partial charge in [0.1, 0.15) is 0 Å². The molecule has 0 fully saturated rings. The number of methoxy groups -OCH3 is 2. The zero-order valence-electron chi connectivity index (χ0n) is 21.6. The number of thiazole rings is 1. The molecule has 0 aliphatic carbocycles. The van der Waals surface area contributed by atoms with Crippen LogP contribution in [0.2, 0.25) is 0 Å². The van der Waals surface area contributed by atoms with Crippen LogP contribution in [0.4, 0.5) is 5.69 Å². The molecule has 3 aromatic carbocycles. The van der Waals surface area contributed by atoms with Crippen LogP contribution in [0.25, 0.3) is 11.3 Å². The number of sulfonamides is 1. The fourth-order valence-electron chi connectivity index (χ4n) is 3.88. The van der Waals surface area contributed by atoms with Crippen molar-refractivity contribution in [3.05, 3.63) is 88.0 Å². The number of nitrogens with zero attached hydrogens (tertiary/aromatic N) is 3. The molecule has 0 aliphatic heterocycles. The van der Waals surface area contributed by atoms with Gasteiger partial charge in [-0.1, -0.05) is 35.9 Å². The monoisotopic (exact) mass is 537 g/mol. The molecule has 0 aliphatic rings. The number of aryl methyl sites for hydroxylation is 2. The molecule has 0 saturated heterocycles. The Morgan fingerprint density at radius 1 is 0.919 bits per heavy atom. The van der Waals surface area contributed by atoms with Gasteiger partial charge in [0.05, 0.1) is 30.5 Å². The van der Waals surface area contributed by atoms with Crippen LogP contribution in [-0.2, 0) is 23.0 Å². The van der Waals surface area contributed by atoms with Crippen LogP contribution in [-0.4, -0.2) is 45.6 Å². The van der Waals surface area contributed by atoms with Gasteiger partial charge < -0.3 is 14.0 Å². The Morgan fingerprint density at radius 3 is 2.22 bits per heavy atom. The van der Waals surface area contributed by atoms with Crippen molar-refractivity contribution in [1.29, 1.82) is 0 Å². The molecule has 4 rings (SSSR count). The van der Waals surface area contributed by atoms with E-state index >= 15 is 0 Å². The van der Waals surface area contributed by atoms with Gasteiger partial charge in [-0.3, -0.25) is 0 Å².